The van der Waals surface area contributed by atoms with Gasteiger partial charge in [0.15, 0.2) is 0 Å². The Labute approximate surface area is 177 Å². The summed E-state index contributed by atoms with van der Waals surface area (Å²) in [5, 5.41) is 0. The van der Waals surface area contributed by atoms with E-state index in [2.05, 4.69) is 81.3 Å². The molecule has 0 amide bonds. The average molecular weight is 403 g/mol. The van der Waals surface area contributed by atoms with Crippen LogP contribution in [0.15, 0.2) is 60.7 Å². The van der Waals surface area contributed by atoms with E-state index >= 15 is 0 Å². The highest BCUT2D eigenvalue weighted by Gasteiger charge is 2.09. The molecule has 2 rings (SSSR count). The minimum absolute atomic E-state index is 0.628. The Morgan fingerprint density at radius 3 is 1.41 bits per heavy atom. The first kappa shape index (κ1) is 23.7. The molecule has 2 aromatic rings. The second-order valence-electron chi connectivity index (χ2n) is 7.13. The van der Waals surface area contributed by atoms with Gasteiger partial charge in [0.2, 0.25) is 0 Å². The number of nitrogens with zero attached hydrogens (tertiary/aromatic N) is 2. The highest BCUT2D eigenvalue weighted by molar-refractivity contribution is 8.10. The standard InChI is InChI=1S/C15H15NS2.C8H19N/c17-15(18)16(11-13-7-3-1-4-8-13)12-14-9-5-2-6-10-14;1-6-9(7(2)3)8(4)5/h1-10H,11-12H2,(H,17,18);7-8H,6H2,1-5H3. The minimum atomic E-state index is 0.628. The van der Waals surface area contributed by atoms with E-state index in [1.54, 1.807) is 0 Å². The van der Waals surface area contributed by atoms with Crippen molar-refractivity contribution in [3.63, 3.8) is 0 Å². The Balaban J connectivity index is 0.000000345. The van der Waals surface area contributed by atoms with Crippen molar-refractivity contribution in [1.29, 1.82) is 0 Å². The number of hydrogen-bond acceptors (Lipinski definition) is 2. The molecule has 0 saturated heterocycles. The van der Waals surface area contributed by atoms with Crippen molar-refractivity contribution >= 4 is 29.2 Å². The van der Waals surface area contributed by atoms with Gasteiger partial charge in [0.25, 0.3) is 0 Å². The van der Waals surface area contributed by atoms with E-state index in [1.165, 1.54) is 11.1 Å². The molecule has 0 heterocycles. The van der Waals surface area contributed by atoms with Gasteiger partial charge in [-0.25, -0.2) is 0 Å². The molecule has 0 bridgehead atoms. The molecule has 4 heteroatoms. The molecule has 0 aromatic heterocycles. The van der Waals surface area contributed by atoms with E-state index in [1.807, 2.05) is 36.4 Å². The minimum Gasteiger partial charge on any atom is -0.349 e. The fraction of sp³-hybridized carbons (Fsp3) is 0.435. The van der Waals surface area contributed by atoms with Crippen LogP contribution in [0.25, 0.3) is 0 Å². The lowest BCUT2D eigenvalue weighted by molar-refractivity contribution is 0.185. The van der Waals surface area contributed by atoms with Crippen LogP contribution in [-0.2, 0) is 13.1 Å². The van der Waals surface area contributed by atoms with Gasteiger partial charge in [0.05, 0.1) is 0 Å². The third-order valence-corrected chi connectivity index (χ3v) is 4.94. The lowest BCUT2D eigenvalue weighted by Gasteiger charge is -2.28. The Kier molecular flexibility index (Phi) is 11.3. The Hall–Kier alpha value is -1.36. The predicted molar refractivity (Wildman–Crippen MR) is 126 cm³/mol. The van der Waals surface area contributed by atoms with Crippen molar-refractivity contribution in [2.75, 3.05) is 6.54 Å². The van der Waals surface area contributed by atoms with Crippen LogP contribution in [0, 0.1) is 0 Å². The molecule has 2 nitrogen and oxygen atoms in total. The van der Waals surface area contributed by atoms with Crippen molar-refractivity contribution in [2.45, 2.75) is 59.8 Å². The first-order valence-electron chi connectivity index (χ1n) is 9.66. The van der Waals surface area contributed by atoms with E-state index in [4.69, 9.17) is 12.2 Å². The van der Waals surface area contributed by atoms with Gasteiger partial charge in [-0.15, -0.1) is 12.6 Å². The summed E-state index contributed by atoms with van der Waals surface area (Å²) in [7, 11) is 0. The van der Waals surface area contributed by atoms with Crippen LogP contribution >= 0.6 is 24.8 Å². The first-order chi connectivity index (χ1) is 12.8. The Bertz CT molecular complexity index is 592. The fourth-order valence-corrected chi connectivity index (χ4v) is 3.40. The van der Waals surface area contributed by atoms with Crippen LogP contribution in [0.2, 0.25) is 0 Å². The molecule has 0 radical (unpaired) electrons. The van der Waals surface area contributed by atoms with Gasteiger partial charge in [-0.05, 0) is 45.4 Å². The van der Waals surface area contributed by atoms with Crippen molar-refractivity contribution in [3.8, 4) is 0 Å². The summed E-state index contributed by atoms with van der Waals surface area (Å²) >= 11 is 9.52. The summed E-state index contributed by atoms with van der Waals surface area (Å²) in [6.07, 6.45) is 0. The molecule has 0 saturated carbocycles. The zero-order chi connectivity index (χ0) is 20.2. The molecular weight excluding hydrogens is 368 g/mol. The third kappa shape index (κ3) is 9.41. The van der Waals surface area contributed by atoms with E-state index in [0.29, 0.717) is 16.4 Å². The van der Waals surface area contributed by atoms with Gasteiger partial charge in [0.1, 0.15) is 4.32 Å². The maximum atomic E-state index is 5.21. The average Bonchev–Trinajstić information content (AvgIpc) is 2.63. The van der Waals surface area contributed by atoms with Crippen LogP contribution in [0.3, 0.4) is 0 Å². The third-order valence-electron chi connectivity index (χ3n) is 4.39. The maximum Gasteiger partial charge on any atom is 0.133 e. The summed E-state index contributed by atoms with van der Waals surface area (Å²) in [4.78, 5) is 4.54. The summed E-state index contributed by atoms with van der Waals surface area (Å²) in [5.74, 6) is 0. The molecule has 0 fully saturated rings. The van der Waals surface area contributed by atoms with Gasteiger partial charge in [-0.3, -0.25) is 4.90 Å². The zero-order valence-electron chi connectivity index (χ0n) is 17.3. The molecule has 0 atom stereocenters. The number of benzene rings is 2. The van der Waals surface area contributed by atoms with Crippen molar-refractivity contribution in [2.24, 2.45) is 0 Å². The molecule has 0 N–H and O–H groups in total. The first-order valence-corrected chi connectivity index (χ1v) is 10.5. The topological polar surface area (TPSA) is 6.48 Å². The molecule has 0 aliphatic rings. The predicted octanol–water partition coefficient (Wildman–Crippen LogP) is 6.03. The van der Waals surface area contributed by atoms with Crippen LogP contribution < -0.4 is 0 Å². The maximum absolute atomic E-state index is 5.21. The van der Waals surface area contributed by atoms with Crippen LogP contribution in [-0.4, -0.2) is 32.7 Å². The molecule has 0 unspecified atom stereocenters. The second-order valence-corrected chi connectivity index (χ2v) is 8.24. The van der Waals surface area contributed by atoms with Crippen molar-refractivity contribution in [3.05, 3.63) is 71.8 Å². The summed E-state index contributed by atoms with van der Waals surface area (Å²) < 4.78 is 0.628. The number of thiocarbonyl (C=S) groups is 1. The van der Waals surface area contributed by atoms with E-state index in [9.17, 15) is 0 Å². The zero-order valence-corrected chi connectivity index (χ0v) is 19.0. The van der Waals surface area contributed by atoms with E-state index in [0.717, 1.165) is 19.6 Å². The fourth-order valence-electron chi connectivity index (χ4n) is 3.13. The highest BCUT2D eigenvalue weighted by Crippen LogP contribution is 2.12. The van der Waals surface area contributed by atoms with Crippen molar-refractivity contribution < 1.29 is 0 Å². The lowest BCUT2D eigenvalue weighted by Crippen LogP contribution is -2.36. The largest absolute Gasteiger partial charge is 0.349 e. The second kappa shape index (κ2) is 12.9. The number of thiol groups is 1. The molecule has 0 aliphatic carbocycles. The van der Waals surface area contributed by atoms with E-state index < -0.39 is 0 Å². The van der Waals surface area contributed by atoms with Crippen LogP contribution in [0.4, 0.5) is 0 Å². The lowest BCUT2D eigenvalue weighted by atomic mass is 10.2. The number of rotatable bonds is 7. The Morgan fingerprint density at radius 2 is 1.19 bits per heavy atom. The summed E-state index contributed by atoms with van der Waals surface area (Å²) in [6, 6.07) is 22.0. The van der Waals surface area contributed by atoms with Gasteiger partial charge >= 0.3 is 0 Å². The SMILES string of the molecule is CCN(C(C)C)C(C)C.S=C(S)N(Cc1ccccc1)Cc1ccccc1. The smallest absolute Gasteiger partial charge is 0.133 e. The van der Waals surface area contributed by atoms with Gasteiger partial charge in [-0.2, -0.15) is 0 Å². The molecule has 0 aliphatic heterocycles. The normalized spacial score (nSPS) is 10.7. The molecular formula is C23H34N2S2. The molecule has 0 spiro atoms. The van der Waals surface area contributed by atoms with Gasteiger partial charge in [-0.1, -0.05) is 79.8 Å². The van der Waals surface area contributed by atoms with Crippen LogP contribution in [0.1, 0.15) is 45.7 Å². The molecule has 2 aromatic carbocycles. The van der Waals surface area contributed by atoms with E-state index in [-0.39, 0.29) is 0 Å². The molecule has 148 valence electrons. The summed E-state index contributed by atoms with van der Waals surface area (Å²) in [6.45, 7) is 13.9. The quantitative estimate of drug-likeness (QED) is 0.446. The van der Waals surface area contributed by atoms with Crippen LogP contribution in [0.5, 0.6) is 0 Å². The van der Waals surface area contributed by atoms with Gasteiger partial charge in [0, 0.05) is 25.2 Å². The monoisotopic (exact) mass is 402 g/mol. The highest BCUT2D eigenvalue weighted by atomic mass is 32.1. The summed E-state index contributed by atoms with van der Waals surface area (Å²) in [5.41, 5.74) is 2.48. The van der Waals surface area contributed by atoms with Crippen molar-refractivity contribution in [1.82, 2.24) is 9.80 Å². The van der Waals surface area contributed by atoms with Gasteiger partial charge < -0.3 is 4.90 Å². The molecule has 27 heavy (non-hydrogen) atoms. The Morgan fingerprint density at radius 1 is 0.815 bits per heavy atom. The number of hydrogen-bond donors (Lipinski definition) is 1.